The molecular weight excluding hydrogens is 314 g/mol. The zero-order valence-corrected chi connectivity index (χ0v) is 12.7. The minimum atomic E-state index is -3.05. The van der Waals surface area contributed by atoms with Crippen LogP contribution in [0.3, 0.4) is 0 Å². The van der Waals surface area contributed by atoms with Crippen molar-refractivity contribution >= 4 is 27.1 Å². The van der Waals surface area contributed by atoms with Gasteiger partial charge in [0.05, 0.1) is 17.5 Å². The van der Waals surface area contributed by atoms with Crippen molar-refractivity contribution in [3.8, 4) is 11.4 Å². The van der Waals surface area contributed by atoms with Gasteiger partial charge in [0.25, 0.3) is 0 Å². The lowest BCUT2D eigenvalue weighted by atomic mass is 10.1. The van der Waals surface area contributed by atoms with Crippen LogP contribution in [0, 0.1) is 0 Å². The van der Waals surface area contributed by atoms with E-state index in [1.54, 1.807) is 22.9 Å². The largest absolute Gasteiger partial charge is 0.398 e. The molecule has 0 bridgehead atoms. The second kappa shape index (κ2) is 5.27. The Bertz CT molecular complexity index is 774. The molecule has 1 aliphatic rings. The molecule has 9 heteroatoms. The Balaban J connectivity index is 2.03. The number of rotatable bonds is 2. The lowest BCUT2D eigenvalue weighted by Crippen LogP contribution is -2.28. The van der Waals surface area contributed by atoms with Gasteiger partial charge in [0, 0.05) is 16.3 Å². The number of sulfone groups is 1. The van der Waals surface area contributed by atoms with Crippen LogP contribution >= 0.6 is 11.6 Å². The predicted octanol–water partition coefficient (Wildman–Crippen LogP) is 1.33. The number of nitrogen functional groups attached to an aromatic ring is 1. The second-order valence-corrected chi connectivity index (χ2v) is 7.75. The van der Waals surface area contributed by atoms with E-state index in [4.69, 9.17) is 17.3 Å². The van der Waals surface area contributed by atoms with Gasteiger partial charge in [0.2, 0.25) is 0 Å². The number of anilines is 1. The van der Waals surface area contributed by atoms with E-state index in [-0.39, 0.29) is 17.5 Å². The van der Waals surface area contributed by atoms with Gasteiger partial charge in [0.15, 0.2) is 15.7 Å². The number of aromatic nitrogens is 4. The molecule has 0 saturated carbocycles. The first-order valence-corrected chi connectivity index (χ1v) is 8.70. The third-order valence-electron chi connectivity index (χ3n) is 3.53. The van der Waals surface area contributed by atoms with Gasteiger partial charge in [-0.05, 0) is 41.5 Å². The third kappa shape index (κ3) is 2.86. The molecule has 0 amide bonds. The SMILES string of the molecule is Nc1ccc(Cl)cc1-c1nnnn1C1CCCS(=O)(=O)C1. The van der Waals surface area contributed by atoms with Gasteiger partial charge in [-0.15, -0.1) is 5.10 Å². The molecule has 3 rings (SSSR count). The number of nitrogens with two attached hydrogens (primary N) is 1. The molecular formula is C12H14ClN5O2S. The maximum absolute atomic E-state index is 11.8. The average molecular weight is 328 g/mol. The van der Waals surface area contributed by atoms with Gasteiger partial charge in [-0.3, -0.25) is 0 Å². The van der Waals surface area contributed by atoms with Gasteiger partial charge in [-0.2, -0.15) is 0 Å². The van der Waals surface area contributed by atoms with E-state index < -0.39 is 9.84 Å². The van der Waals surface area contributed by atoms with Crippen molar-refractivity contribution in [3.05, 3.63) is 23.2 Å². The minimum Gasteiger partial charge on any atom is -0.398 e. The first-order chi connectivity index (χ1) is 9.96. The van der Waals surface area contributed by atoms with Crippen LogP contribution in [0.1, 0.15) is 18.9 Å². The molecule has 1 unspecified atom stereocenters. The molecule has 1 aliphatic heterocycles. The van der Waals surface area contributed by atoms with Crippen LogP contribution in [0.25, 0.3) is 11.4 Å². The maximum Gasteiger partial charge on any atom is 0.184 e. The van der Waals surface area contributed by atoms with Crippen LogP contribution in [0.2, 0.25) is 5.02 Å². The van der Waals surface area contributed by atoms with Gasteiger partial charge in [0.1, 0.15) is 0 Å². The number of tetrazole rings is 1. The summed E-state index contributed by atoms with van der Waals surface area (Å²) in [5.74, 6) is 0.711. The van der Waals surface area contributed by atoms with E-state index in [0.717, 1.165) is 6.42 Å². The summed E-state index contributed by atoms with van der Waals surface area (Å²) >= 11 is 5.99. The lowest BCUT2D eigenvalue weighted by Gasteiger charge is -2.22. The molecule has 2 N–H and O–H groups in total. The smallest absolute Gasteiger partial charge is 0.184 e. The van der Waals surface area contributed by atoms with Crippen molar-refractivity contribution in [1.82, 2.24) is 20.2 Å². The molecule has 2 heterocycles. The fourth-order valence-electron chi connectivity index (χ4n) is 2.53. The summed E-state index contributed by atoms with van der Waals surface area (Å²) in [6, 6.07) is 4.76. The highest BCUT2D eigenvalue weighted by Gasteiger charge is 2.29. The standard InChI is InChI=1S/C12H14ClN5O2S/c13-8-3-4-11(14)10(6-8)12-15-16-17-18(12)9-2-1-5-21(19,20)7-9/h3-4,6,9H,1-2,5,7,14H2. The summed E-state index contributed by atoms with van der Waals surface area (Å²) in [5, 5.41) is 12.1. The van der Waals surface area contributed by atoms with Gasteiger partial charge < -0.3 is 5.73 Å². The summed E-state index contributed by atoms with van der Waals surface area (Å²) in [7, 11) is -3.05. The van der Waals surface area contributed by atoms with Crippen LogP contribution in [0.15, 0.2) is 18.2 Å². The normalized spacial score (nSPS) is 21.3. The van der Waals surface area contributed by atoms with Crippen LogP contribution in [-0.2, 0) is 9.84 Å². The van der Waals surface area contributed by atoms with Crippen molar-refractivity contribution in [2.45, 2.75) is 18.9 Å². The van der Waals surface area contributed by atoms with E-state index in [9.17, 15) is 8.42 Å². The highest BCUT2D eigenvalue weighted by Crippen LogP contribution is 2.31. The molecule has 1 aromatic carbocycles. The number of halogens is 1. The van der Waals surface area contributed by atoms with E-state index in [2.05, 4.69) is 15.5 Å². The summed E-state index contributed by atoms with van der Waals surface area (Å²) in [4.78, 5) is 0. The number of hydrogen-bond donors (Lipinski definition) is 1. The Morgan fingerprint density at radius 3 is 2.95 bits per heavy atom. The van der Waals surface area contributed by atoms with Crippen molar-refractivity contribution in [1.29, 1.82) is 0 Å². The molecule has 1 fully saturated rings. The summed E-state index contributed by atoms with van der Waals surface area (Å²) in [5.41, 5.74) is 7.05. The fourth-order valence-corrected chi connectivity index (χ4v) is 4.37. The molecule has 0 radical (unpaired) electrons. The molecule has 1 aromatic heterocycles. The van der Waals surface area contributed by atoms with Gasteiger partial charge in [-0.1, -0.05) is 11.6 Å². The van der Waals surface area contributed by atoms with E-state index in [1.165, 1.54) is 0 Å². The van der Waals surface area contributed by atoms with Crippen molar-refractivity contribution in [2.24, 2.45) is 0 Å². The Kier molecular flexibility index (Phi) is 3.58. The lowest BCUT2D eigenvalue weighted by molar-refractivity contribution is 0.429. The van der Waals surface area contributed by atoms with Crippen LogP contribution in [0.5, 0.6) is 0 Å². The summed E-state index contributed by atoms with van der Waals surface area (Å²) in [6.45, 7) is 0. The van der Waals surface area contributed by atoms with Crippen LogP contribution in [0.4, 0.5) is 5.69 Å². The number of hydrogen-bond acceptors (Lipinski definition) is 6. The minimum absolute atomic E-state index is 0.0471. The highest BCUT2D eigenvalue weighted by atomic mass is 35.5. The average Bonchev–Trinajstić information content (AvgIpc) is 2.89. The van der Waals surface area contributed by atoms with E-state index >= 15 is 0 Å². The van der Waals surface area contributed by atoms with E-state index in [0.29, 0.717) is 28.5 Å². The topological polar surface area (TPSA) is 104 Å². The van der Waals surface area contributed by atoms with Gasteiger partial charge in [-0.25, -0.2) is 13.1 Å². The quantitative estimate of drug-likeness (QED) is 0.834. The summed E-state index contributed by atoms with van der Waals surface area (Å²) in [6.07, 6.45) is 1.33. The second-order valence-electron chi connectivity index (χ2n) is 5.09. The van der Waals surface area contributed by atoms with Gasteiger partial charge >= 0.3 is 0 Å². The van der Waals surface area contributed by atoms with Crippen molar-refractivity contribution in [3.63, 3.8) is 0 Å². The molecule has 0 aliphatic carbocycles. The van der Waals surface area contributed by atoms with Crippen LogP contribution < -0.4 is 5.73 Å². The molecule has 21 heavy (non-hydrogen) atoms. The van der Waals surface area contributed by atoms with Crippen LogP contribution in [-0.4, -0.2) is 40.1 Å². The fraction of sp³-hybridized carbons (Fsp3) is 0.417. The molecule has 7 nitrogen and oxygen atoms in total. The molecule has 0 spiro atoms. The molecule has 1 atom stereocenters. The Hall–Kier alpha value is -1.67. The Labute approximate surface area is 127 Å². The first-order valence-electron chi connectivity index (χ1n) is 6.50. The Morgan fingerprint density at radius 1 is 1.38 bits per heavy atom. The zero-order chi connectivity index (χ0) is 15.0. The van der Waals surface area contributed by atoms with E-state index in [1.807, 2.05) is 0 Å². The maximum atomic E-state index is 11.8. The third-order valence-corrected chi connectivity index (χ3v) is 5.57. The number of nitrogens with zero attached hydrogens (tertiary/aromatic N) is 4. The van der Waals surface area contributed by atoms with Crippen molar-refractivity contribution in [2.75, 3.05) is 17.2 Å². The molecule has 112 valence electrons. The predicted molar refractivity (Wildman–Crippen MR) is 79.6 cm³/mol. The zero-order valence-electron chi connectivity index (χ0n) is 11.1. The number of benzene rings is 1. The highest BCUT2D eigenvalue weighted by molar-refractivity contribution is 7.91. The monoisotopic (exact) mass is 327 g/mol. The first kappa shape index (κ1) is 14.3. The molecule has 1 saturated heterocycles. The van der Waals surface area contributed by atoms with Crippen molar-refractivity contribution < 1.29 is 8.42 Å². The molecule has 2 aromatic rings. The Morgan fingerprint density at radius 2 is 2.19 bits per heavy atom. The summed E-state index contributed by atoms with van der Waals surface area (Å²) < 4.78 is 25.1.